The molecule has 0 aromatic rings. The molecule has 0 aliphatic rings. The summed E-state index contributed by atoms with van der Waals surface area (Å²) in [5, 5.41) is 0. The Labute approximate surface area is 35.7 Å². The lowest BCUT2D eigenvalue weighted by Crippen LogP contribution is -2.03. The van der Waals surface area contributed by atoms with E-state index in [1.807, 2.05) is 0 Å². The Balaban J connectivity index is 3.48. The molecule has 4 nitrogen and oxygen atoms in total. The molecule has 0 aliphatic heterocycles. The predicted octanol–water partition coefficient (Wildman–Crippen LogP) is -1.34. The van der Waals surface area contributed by atoms with Crippen molar-refractivity contribution in [2.45, 2.75) is 0 Å². The maximum absolute atomic E-state index is 9.51. The molecule has 0 aromatic heterocycles. The topological polar surface area (TPSA) is 83.6 Å². The molecule has 0 spiro atoms. The van der Waals surface area contributed by atoms with E-state index in [1.54, 1.807) is 0 Å². The maximum Gasteiger partial charge on any atom is 0.362 e. The van der Waals surface area contributed by atoms with Gasteiger partial charge in [0, 0.05) is 0 Å². The summed E-state index contributed by atoms with van der Waals surface area (Å²) in [7, 11) is -3.64. The van der Waals surface area contributed by atoms with E-state index < -0.39 is 7.47 Å². The van der Waals surface area contributed by atoms with Gasteiger partial charge in [-0.1, -0.05) is 0 Å². The minimum atomic E-state index is -3.99. The largest absolute Gasteiger partial charge is 0.363 e. The van der Waals surface area contributed by atoms with Crippen LogP contribution in [-0.4, -0.2) is 16.9 Å². The van der Waals surface area contributed by atoms with Gasteiger partial charge < -0.3 is 15.4 Å². The fourth-order valence-corrected chi connectivity index (χ4v) is 0. The van der Waals surface area contributed by atoms with E-state index in [0.717, 1.165) is 0 Å². The second-order valence-electron chi connectivity index (χ2n) is 0.738. The zero-order valence-corrected chi connectivity index (χ0v) is 3.80. The van der Waals surface area contributed by atoms with Gasteiger partial charge in [-0.3, -0.25) is 4.57 Å². The Hall–Kier alpha value is 0.175. The molecule has 6 heavy (non-hydrogen) atoms. The summed E-state index contributed by atoms with van der Waals surface area (Å²) in [6.45, 7) is 0. The monoisotopic (exact) mass is 108 g/mol. The van der Waals surface area contributed by atoms with Crippen molar-refractivity contribution in [2.75, 3.05) is 0 Å². The third-order valence-corrected chi connectivity index (χ3v) is 0.583. The third-order valence-electron chi connectivity index (χ3n) is 0.194. The molecule has 0 atom stereocenters. The van der Waals surface area contributed by atoms with Crippen LogP contribution in [0.4, 0.5) is 0 Å². The Morgan fingerprint density at radius 2 is 1.83 bits per heavy atom. The third kappa shape index (κ3) is 4.17. The van der Waals surface area contributed by atoms with Gasteiger partial charge in [0.25, 0.3) is 7.47 Å². The molecule has 0 fully saturated rings. The molecule has 4 N–H and O–H groups in total. The highest BCUT2D eigenvalue weighted by Crippen LogP contribution is 2.28. The van der Waals surface area contributed by atoms with Gasteiger partial charge in [0.2, 0.25) is 0 Å². The van der Waals surface area contributed by atoms with Crippen molar-refractivity contribution >= 4 is 14.6 Å². The first-order valence-electron chi connectivity index (χ1n) is 1.17. The van der Waals surface area contributed by atoms with Crippen LogP contribution >= 0.6 is 7.47 Å². The Kier molecular flexibility index (Phi) is 1.80. The van der Waals surface area contributed by atoms with Gasteiger partial charge in [-0.05, 0) is 0 Å². The molecule has 1 radical (unpaired) electrons. The average Bonchev–Trinajstić information content (AvgIpc) is 1.35. The lowest BCUT2D eigenvalue weighted by atomic mass is 10.5. The fraction of sp³-hybridized carbons (Fsp3) is 0. The second kappa shape index (κ2) is 1.75. The molecule has 0 saturated heterocycles. The molecule has 0 aromatic carbocycles. The van der Waals surface area contributed by atoms with Crippen LogP contribution < -0.4 is 5.64 Å². The summed E-state index contributed by atoms with van der Waals surface area (Å²) in [5.41, 5.74) is 4.42. The zero-order valence-electron chi connectivity index (χ0n) is 2.90. The lowest BCUT2D eigenvalue weighted by molar-refractivity contribution is 0.393. The highest BCUT2D eigenvalue weighted by atomic mass is 31.2. The molecule has 0 rings (SSSR count). The summed E-state index contributed by atoms with van der Waals surface area (Å²) >= 11 is 0. The van der Waals surface area contributed by atoms with Gasteiger partial charge in [0.15, 0.2) is 0 Å². The molecule has 35 valence electrons. The minimum Gasteiger partial charge on any atom is -0.363 e. The normalized spacial score (nSPS) is 11.2. The van der Waals surface area contributed by atoms with E-state index in [9.17, 15) is 4.57 Å². The van der Waals surface area contributed by atoms with E-state index in [0.29, 0.717) is 7.13 Å². The van der Waals surface area contributed by atoms with Crippen molar-refractivity contribution in [1.29, 1.82) is 0 Å². The van der Waals surface area contributed by atoms with Crippen LogP contribution in [0.25, 0.3) is 0 Å². The standard InChI is InChI=1S/BH4NO3P/c2-1-6(3,4)5/h2H2,(H2,3,4,5). The molecule has 0 aliphatic carbocycles. The Bertz CT molecular complexity index is 74.9. The van der Waals surface area contributed by atoms with E-state index in [4.69, 9.17) is 9.79 Å². The minimum absolute atomic E-state index is 0.354. The predicted molar refractivity (Wildman–Crippen MR) is 22.0 cm³/mol. The maximum atomic E-state index is 9.51. The number of rotatable bonds is 1. The van der Waals surface area contributed by atoms with E-state index in [-0.39, 0.29) is 0 Å². The number of hydrogen-bond donors (Lipinski definition) is 3. The molecule has 0 bridgehead atoms. The molecule has 6 heteroatoms. The molecule has 0 unspecified atom stereocenters. The van der Waals surface area contributed by atoms with Crippen molar-refractivity contribution in [3.8, 4) is 0 Å². The first-order valence-corrected chi connectivity index (χ1v) is 2.86. The van der Waals surface area contributed by atoms with Crippen LogP contribution in [0, 0.1) is 0 Å². The average molecular weight is 108 g/mol. The lowest BCUT2D eigenvalue weighted by Gasteiger charge is -1.90. The molecular weight excluding hydrogens is 104 g/mol. The van der Waals surface area contributed by atoms with Crippen LogP contribution in [-0.2, 0) is 4.57 Å². The van der Waals surface area contributed by atoms with Crippen LogP contribution in [0.5, 0.6) is 0 Å². The van der Waals surface area contributed by atoms with Gasteiger partial charge in [0.1, 0.15) is 0 Å². The van der Waals surface area contributed by atoms with Crippen LogP contribution in [0.1, 0.15) is 0 Å². The van der Waals surface area contributed by atoms with Crippen molar-refractivity contribution in [1.82, 2.24) is 0 Å². The SMILES string of the molecule is N[B]P(=O)(O)O. The molecular formula is H4BNO3P. The molecule has 0 amide bonds. The summed E-state index contributed by atoms with van der Waals surface area (Å²) in [6.07, 6.45) is 0. The first kappa shape index (κ1) is 6.17. The number of nitrogens with two attached hydrogens (primary N) is 1. The van der Waals surface area contributed by atoms with Gasteiger partial charge in [0.05, 0.1) is 0 Å². The van der Waals surface area contributed by atoms with Crippen LogP contribution in [0.2, 0.25) is 0 Å². The summed E-state index contributed by atoms with van der Waals surface area (Å²) in [4.78, 5) is 15.5. The summed E-state index contributed by atoms with van der Waals surface area (Å²) < 4.78 is 9.51. The van der Waals surface area contributed by atoms with Gasteiger partial charge in [-0.2, -0.15) is 0 Å². The van der Waals surface area contributed by atoms with Gasteiger partial charge in [-0.25, -0.2) is 0 Å². The summed E-state index contributed by atoms with van der Waals surface area (Å²) in [6, 6.07) is 0. The van der Waals surface area contributed by atoms with Gasteiger partial charge >= 0.3 is 7.13 Å². The zero-order chi connectivity index (χ0) is 5.21. The fourth-order valence-electron chi connectivity index (χ4n) is 0. The van der Waals surface area contributed by atoms with E-state index in [1.165, 1.54) is 0 Å². The van der Waals surface area contributed by atoms with Gasteiger partial charge in [-0.15, -0.1) is 0 Å². The van der Waals surface area contributed by atoms with Crippen molar-refractivity contribution in [3.05, 3.63) is 0 Å². The first-order chi connectivity index (χ1) is 2.56. The summed E-state index contributed by atoms with van der Waals surface area (Å²) in [5.74, 6) is 0. The van der Waals surface area contributed by atoms with Crippen LogP contribution in [0.3, 0.4) is 0 Å². The smallest absolute Gasteiger partial charge is 0.362 e. The van der Waals surface area contributed by atoms with E-state index in [2.05, 4.69) is 5.64 Å². The number of hydrogen-bond acceptors (Lipinski definition) is 2. The van der Waals surface area contributed by atoms with Crippen molar-refractivity contribution in [3.63, 3.8) is 0 Å². The van der Waals surface area contributed by atoms with Crippen molar-refractivity contribution < 1.29 is 14.4 Å². The Morgan fingerprint density at radius 1 is 1.67 bits per heavy atom. The second-order valence-corrected chi connectivity index (χ2v) is 2.21. The van der Waals surface area contributed by atoms with Crippen LogP contribution in [0.15, 0.2) is 0 Å². The highest BCUT2D eigenvalue weighted by molar-refractivity contribution is 7.81. The molecule has 0 saturated carbocycles. The molecule has 0 heterocycles. The van der Waals surface area contributed by atoms with E-state index >= 15 is 0 Å². The van der Waals surface area contributed by atoms with Crippen molar-refractivity contribution in [2.24, 2.45) is 5.64 Å². The Morgan fingerprint density at radius 3 is 1.83 bits per heavy atom. The highest BCUT2D eigenvalue weighted by Gasteiger charge is 2.09. The quantitative estimate of drug-likeness (QED) is 0.286.